The summed E-state index contributed by atoms with van der Waals surface area (Å²) in [7, 11) is -7.97. The molecule has 0 heterocycles. The number of nitrogens with one attached hydrogen (secondary N) is 4. The highest BCUT2D eigenvalue weighted by molar-refractivity contribution is 7.56. The van der Waals surface area contributed by atoms with Crippen molar-refractivity contribution in [2.75, 3.05) is 25.4 Å². The van der Waals surface area contributed by atoms with E-state index in [0.717, 1.165) is 22.3 Å². The number of nitrogens with two attached hydrogens (primary N) is 2. The van der Waals surface area contributed by atoms with Crippen LogP contribution in [0.5, 0.6) is 0 Å². The second kappa shape index (κ2) is 28.9. The van der Waals surface area contributed by atoms with Crippen LogP contribution in [-0.2, 0) is 84.8 Å². The molecule has 0 bridgehead atoms. The second-order valence-corrected chi connectivity index (χ2v) is 18.8. The lowest BCUT2D eigenvalue weighted by Gasteiger charge is -2.21. The van der Waals surface area contributed by atoms with Crippen LogP contribution in [0.25, 0.3) is 0 Å². The van der Waals surface area contributed by atoms with Gasteiger partial charge in [-0.05, 0) is 27.8 Å². The fraction of sp³-hybridized carbons (Fsp3) is 0.234. The largest absolute Gasteiger partial charge is 0.459 e. The maximum atomic E-state index is 13.0. The van der Waals surface area contributed by atoms with Crippen molar-refractivity contribution in [2.45, 2.75) is 45.1 Å². The molecule has 0 aromatic heterocycles. The van der Waals surface area contributed by atoms with Crippen LogP contribution >= 0.6 is 15.0 Å². The summed E-state index contributed by atoms with van der Waals surface area (Å²) in [4.78, 5) is 82.8. The smallest absolute Gasteiger partial charge is 0.407 e. The number of amides is 4. The van der Waals surface area contributed by atoms with Crippen molar-refractivity contribution < 1.29 is 66.3 Å². The van der Waals surface area contributed by atoms with Crippen molar-refractivity contribution in [3.05, 3.63) is 179 Å². The fourth-order valence-electron chi connectivity index (χ4n) is 5.69. The molecule has 5 aromatic carbocycles. The molecule has 0 saturated carbocycles. The van der Waals surface area contributed by atoms with Crippen molar-refractivity contribution >= 4 is 51.0 Å². The molecular formula is C47H54N6O14P2. The molecule has 0 saturated heterocycles. The Labute approximate surface area is 398 Å². The Bertz CT molecular complexity index is 2490. The number of esters is 2. The first-order valence-electron chi connectivity index (χ1n) is 21.1. The molecule has 0 aliphatic heterocycles. The zero-order valence-electron chi connectivity index (χ0n) is 37.3. The average Bonchev–Trinajstić information content (AvgIpc) is 3.35. The standard InChI is InChI=1S/C27H30N3O7P.C20H24N3O7P/c28-38(34,37-19-23-14-8-3-9-15-23)20-24(26(32)35-17-21-10-4-1-5-11-21)30-25(31)16-29-27(33)36-18-22-12-6-2-7-13-22;21-31(27,28)14-17(19(25)29-12-15-7-3-1-4-8-15)23-18(24)11-22-20(26)30-13-16-9-5-2-6-10-16/h1-15,24H,16-20H2,(H2,28,34)(H,29,33)(H,30,31);1-10,17H,11-14H2,(H,22,26)(H,23,24)(H3,21,27,28)/t24-,38?;17-/m00/s1. The van der Waals surface area contributed by atoms with Gasteiger partial charge >= 0.3 is 24.1 Å². The number of ether oxygens (including phenoxy) is 4. The Kier molecular flexibility index (Phi) is 22.8. The van der Waals surface area contributed by atoms with E-state index < -0.39 is 88.5 Å². The Morgan fingerprint density at radius 3 is 1.06 bits per heavy atom. The highest BCUT2D eigenvalue weighted by Gasteiger charge is 2.32. The van der Waals surface area contributed by atoms with E-state index in [2.05, 4.69) is 21.3 Å². The van der Waals surface area contributed by atoms with Crippen LogP contribution in [-0.4, -0.2) is 78.3 Å². The summed E-state index contributed by atoms with van der Waals surface area (Å²) in [6, 6.07) is 41.8. The highest BCUT2D eigenvalue weighted by Crippen LogP contribution is 2.39. The van der Waals surface area contributed by atoms with E-state index in [0.29, 0.717) is 5.56 Å². The maximum absolute atomic E-state index is 13.0. The van der Waals surface area contributed by atoms with E-state index in [4.69, 9.17) is 34.5 Å². The van der Waals surface area contributed by atoms with E-state index in [-0.39, 0.29) is 33.0 Å². The summed E-state index contributed by atoms with van der Waals surface area (Å²) in [6.07, 6.45) is -2.88. The summed E-state index contributed by atoms with van der Waals surface area (Å²) >= 11 is 0. The molecule has 5 rings (SSSR count). The van der Waals surface area contributed by atoms with Gasteiger partial charge in [0.25, 0.3) is 15.0 Å². The van der Waals surface area contributed by atoms with E-state index >= 15 is 0 Å². The molecule has 22 heteroatoms. The number of benzene rings is 5. The highest BCUT2D eigenvalue weighted by atomic mass is 31.2. The van der Waals surface area contributed by atoms with Gasteiger partial charge in [-0.1, -0.05) is 152 Å². The molecule has 5 aromatic rings. The topological polar surface area (TPSA) is 303 Å². The number of carbonyl (C=O) groups excluding carboxylic acids is 6. The lowest BCUT2D eigenvalue weighted by atomic mass is 10.2. The van der Waals surface area contributed by atoms with E-state index in [1.807, 2.05) is 24.3 Å². The van der Waals surface area contributed by atoms with E-state index in [1.165, 1.54) is 0 Å². The van der Waals surface area contributed by atoms with Gasteiger partial charge in [0, 0.05) is 0 Å². The molecule has 4 amide bonds. The van der Waals surface area contributed by atoms with Crippen LogP contribution in [0.1, 0.15) is 27.8 Å². The minimum absolute atomic E-state index is 0.0175. The summed E-state index contributed by atoms with van der Waals surface area (Å²) in [6.45, 7) is -1.15. The number of hydrogen-bond donors (Lipinski definition) is 7. The molecule has 0 spiro atoms. The normalized spacial score (nSPS) is 13.1. The van der Waals surface area contributed by atoms with Gasteiger partial charge in [-0.3, -0.25) is 29.7 Å². The van der Waals surface area contributed by atoms with Crippen LogP contribution in [0.4, 0.5) is 9.59 Å². The predicted octanol–water partition coefficient (Wildman–Crippen LogP) is 4.79. The van der Waals surface area contributed by atoms with Gasteiger partial charge in [0.1, 0.15) is 51.6 Å². The fourth-order valence-corrected chi connectivity index (χ4v) is 7.67. The number of hydrogen-bond acceptors (Lipinski definition) is 13. The predicted molar refractivity (Wildman–Crippen MR) is 252 cm³/mol. The van der Waals surface area contributed by atoms with Crippen LogP contribution < -0.4 is 32.3 Å². The van der Waals surface area contributed by atoms with Gasteiger partial charge in [0.2, 0.25) is 11.8 Å². The third-order valence-corrected chi connectivity index (χ3v) is 11.4. The summed E-state index contributed by atoms with van der Waals surface area (Å²) in [5.41, 5.74) is 14.7. The summed E-state index contributed by atoms with van der Waals surface area (Å²) < 4.78 is 50.4. The first-order chi connectivity index (χ1) is 33.0. The zero-order valence-corrected chi connectivity index (χ0v) is 39.0. The first kappa shape index (κ1) is 54.4. The number of alkyl carbamates (subject to hydrolysis) is 2. The van der Waals surface area contributed by atoms with Gasteiger partial charge < -0.3 is 49.6 Å². The van der Waals surface area contributed by atoms with Crippen molar-refractivity contribution in [1.29, 1.82) is 0 Å². The Morgan fingerprint density at radius 2 is 0.739 bits per heavy atom. The third kappa shape index (κ3) is 23.4. The van der Waals surface area contributed by atoms with Crippen molar-refractivity contribution in [3.63, 3.8) is 0 Å². The lowest BCUT2D eigenvalue weighted by molar-refractivity contribution is -0.148. The van der Waals surface area contributed by atoms with E-state index in [1.54, 1.807) is 127 Å². The summed E-state index contributed by atoms with van der Waals surface area (Å²) in [5.74, 6) is -3.29. The molecule has 366 valence electrons. The second-order valence-electron chi connectivity index (χ2n) is 14.9. The minimum atomic E-state index is -4.14. The lowest BCUT2D eigenvalue weighted by Crippen LogP contribution is -2.48. The summed E-state index contributed by atoms with van der Waals surface area (Å²) in [5, 5.41) is 9.20. The SMILES string of the molecule is NP(=O)(C[C@H](NC(=O)CNC(=O)OCc1ccccc1)C(=O)OCc1ccccc1)OCc1ccccc1.NP(=O)(O)C[C@H](NC(=O)CNC(=O)OCc1ccccc1)C(=O)OCc1ccccc1. The molecular weight excluding hydrogens is 934 g/mol. The van der Waals surface area contributed by atoms with Crippen LogP contribution in [0, 0.1) is 0 Å². The minimum Gasteiger partial charge on any atom is -0.459 e. The number of carbonyl (C=O) groups is 6. The molecule has 0 radical (unpaired) electrons. The monoisotopic (exact) mass is 988 g/mol. The van der Waals surface area contributed by atoms with Crippen molar-refractivity contribution in [1.82, 2.24) is 21.3 Å². The number of rotatable bonds is 23. The van der Waals surface area contributed by atoms with E-state index in [9.17, 15) is 42.8 Å². The Balaban J connectivity index is 0.000000307. The molecule has 0 aliphatic carbocycles. The van der Waals surface area contributed by atoms with Gasteiger partial charge in [0.15, 0.2) is 0 Å². The van der Waals surface area contributed by atoms with Crippen LogP contribution in [0.15, 0.2) is 152 Å². The van der Waals surface area contributed by atoms with Crippen LogP contribution in [0.3, 0.4) is 0 Å². The molecule has 69 heavy (non-hydrogen) atoms. The average molecular weight is 989 g/mol. The molecule has 2 unspecified atom stereocenters. The quantitative estimate of drug-likeness (QED) is 0.0263. The van der Waals surface area contributed by atoms with Gasteiger partial charge in [0.05, 0.1) is 18.9 Å². The third-order valence-electron chi connectivity index (χ3n) is 9.07. The maximum Gasteiger partial charge on any atom is 0.407 e. The molecule has 20 nitrogen and oxygen atoms in total. The zero-order chi connectivity index (χ0) is 49.9. The Morgan fingerprint density at radius 1 is 0.449 bits per heavy atom. The molecule has 9 N–H and O–H groups in total. The molecule has 4 atom stereocenters. The Hall–Kier alpha value is -7.18. The van der Waals surface area contributed by atoms with Crippen molar-refractivity contribution in [2.24, 2.45) is 11.0 Å². The first-order valence-corrected chi connectivity index (χ1v) is 24.9. The van der Waals surface area contributed by atoms with Crippen LogP contribution in [0.2, 0.25) is 0 Å². The van der Waals surface area contributed by atoms with Gasteiger partial charge in [-0.2, -0.15) is 0 Å². The van der Waals surface area contributed by atoms with Crippen molar-refractivity contribution in [3.8, 4) is 0 Å². The molecule has 0 fully saturated rings. The molecule has 0 aliphatic rings. The van der Waals surface area contributed by atoms with Gasteiger partial charge in [-0.15, -0.1) is 0 Å². The van der Waals surface area contributed by atoms with Gasteiger partial charge in [-0.25, -0.2) is 19.2 Å².